The molecule has 2 aromatic rings. The lowest BCUT2D eigenvalue weighted by Gasteiger charge is -2.38. The fourth-order valence-electron chi connectivity index (χ4n) is 3.81. The van der Waals surface area contributed by atoms with Crippen LogP contribution in [0.25, 0.3) is 11.0 Å². The van der Waals surface area contributed by atoms with Crippen LogP contribution in [-0.4, -0.2) is 40.1 Å². The van der Waals surface area contributed by atoms with Crippen LogP contribution in [-0.2, 0) is 11.0 Å². The Hall–Kier alpha value is -2.22. The van der Waals surface area contributed by atoms with E-state index in [4.69, 9.17) is 0 Å². The molecule has 1 unspecified atom stereocenters. The van der Waals surface area contributed by atoms with E-state index >= 15 is 0 Å². The zero-order valence-electron chi connectivity index (χ0n) is 15.2. The highest BCUT2D eigenvalue weighted by Crippen LogP contribution is 2.38. The molecule has 5 nitrogen and oxygen atoms in total. The highest BCUT2D eigenvalue weighted by Gasteiger charge is 2.35. The van der Waals surface area contributed by atoms with Gasteiger partial charge in [0.2, 0.25) is 0 Å². The number of fused-ring (bicyclic) bond motifs is 1. The van der Waals surface area contributed by atoms with Gasteiger partial charge in [-0.2, -0.15) is 13.2 Å². The van der Waals surface area contributed by atoms with E-state index in [2.05, 4.69) is 9.97 Å². The monoisotopic (exact) mass is 381 g/mol. The lowest BCUT2D eigenvalue weighted by Crippen LogP contribution is -2.41. The Morgan fingerprint density at radius 3 is 2.56 bits per heavy atom. The van der Waals surface area contributed by atoms with E-state index in [0.29, 0.717) is 18.8 Å². The van der Waals surface area contributed by atoms with E-state index in [9.17, 15) is 23.1 Å². The van der Waals surface area contributed by atoms with Gasteiger partial charge in [-0.3, -0.25) is 14.8 Å². The summed E-state index contributed by atoms with van der Waals surface area (Å²) in [5, 5.41) is 9.46. The first kappa shape index (κ1) is 19.5. The van der Waals surface area contributed by atoms with Crippen LogP contribution in [0.2, 0.25) is 0 Å². The molecule has 146 valence electrons. The lowest BCUT2D eigenvalue weighted by molar-refractivity contribution is -0.136. The zero-order chi connectivity index (χ0) is 19.8. The number of hydrogen-bond acceptors (Lipinski definition) is 5. The van der Waals surface area contributed by atoms with Gasteiger partial charge in [0.25, 0.3) is 0 Å². The van der Waals surface area contributed by atoms with Crippen molar-refractivity contribution in [1.82, 2.24) is 9.97 Å². The van der Waals surface area contributed by atoms with Gasteiger partial charge in [-0.15, -0.1) is 0 Å². The summed E-state index contributed by atoms with van der Waals surface area (Å²) in [5.41, 5.74) is -0.174. The number of halogens is 3. The summed E-state index contributed by atoms with van der Waals surface area (Å²) in [6.45, 7) is 4.69. The van der Waals surface area contributed by atoms with Gasteiger partial charge in [0.05, 0.1) is 11.3 Å². The molecule has 1 aliphatic rings. The molecule has 0 aliphatic carbocycles. The van der Waals surface area contributed by atoms with Crippen LogP contribution in [0.5, 0.6) is 0 Å². The van der Waals surface area contributed by atoms with Crippen molar-refractivity contribution < 1.29 is 23.1 Å². The number of aliphatic hydroxyl groups excluding tert-OH is 1. The Balaban J connectivity index is 1.96. The smallest absolute Gasteiger partial charge is 0.386 e. The number of hydrogen-bond donors (Lipinski definition) is 1. The number of rotatable bonds is 4. The summed E-state index contributed by atoms with van der Waals surface area (Å²) in [5.74, 6) is 0.0792. The van der Waals surface area contributed by atoms with Gasteiger partial charge in [-0.1, -0.05) is 6.92 Å². The molecule has 0 spiro atoms. The number of piperidine rings is 1. The second-order valence-electron chi connectivity index (χ2n) is 7.34. The van der Waals surface area contributed by atoms with Crippen molar-refractivity contribution >= 4 is 22.5 Å². The minimum absolute atomic E-state index is 0.0323. The maximum atomic E-state index is 13.3. The summed E-state index contributed by atoms with van der Waals surface area (Å²) >= 11 is 0. The molecule has 0 bridgehead atoms. The van der Waals surface area contributed by atoms with Gasteiger partial charge in [-0.25, -0.2) is 0 Å². The number of Topliss-reactive ketones (excluding diaryl/α,β-unsaturated/α-hetero) is 1. The summed E-state index contributed by atoms with van der Waals surface area (Å²) in [4.78, 5) is 22.0. The summed E-state index contributed by atoms with van der Waals surface area (Å²) in [6.07, 6.45) is -1.79. The molecule has 3 atom stereocenters. The molecule has 1 fully saturated rings. The minimum atomic E-state index is -4.51. The highest BCUT2D eigenvalue weighted by molar-refractivity contribution is 5.91. The first-order chi connectivity index (χ1) is 12.7. The van der Waals surface area contributed by atoms with Crippen molar-refractivity contribution in [2.24, 2.45) is 11.8 Å². The number of benzene rings is 1. The third kappa shape index (κ3) is 4.21. The standard InChI is InChI=1S/C19H22F3N3O2/c1-11-7-13(8-16(27)12(2)26)10-25(9-11)15-4-3-14(19(20,21)22)17-18(15)24-6-5-23-17/h3-6,11-13,26H,7-10H2,1-2H3/t11-,12?,13-/m0/s1. The molecule has 8 heteroatoms. The third-order valence-electron chi connectivity index (χ3n) is 4.95. The first-order valence-corrected chi connectivity index (χ1v) is 8.93. The van der Waals surface area contributed by atoms with Crippen molar-refractivity contribution in [2.45, 2.75) is 39.0 Å². The van der Waals surface area contributed by atoms with E-state index in [-0.39, 0.29) is 35.1 Å². The number of carbonyl (C=O) groups excluding carboxylic acids is 1. The molecular weight excluding hydrogens is 359 g/mol. The Kier molecular flexibility index (Phi) is 5.37. The fraction of sp³-hybridized carbons (Fsp3) is 0.526. The molecule has 1 aromatic heterocycles. The normalized spacial score (nSPS) is 22.1. The Labute approximate surface area is 155 Å². The number of ketones is 1. The third-order valence-corrected chi connectivity index (χ3v) is 4.95. The van der Waals surface area contributed by atoms with Crippen LogP contribution in [0.4, 0.5) is 18.9 Å². The number of carbonyl (C=O) groups is 1. The molecule has 1 N–H and O–H groups in total. The van der Waals surface area contributed by atoms with Crippen LogP contribution in [0.1, 0.15) is 32.3 Å². The molecule has 1 saturated heterocycles. The molecule has 1 aliphatic heterocycles. The van der Waals surface area contributed by atoms with Gasteiger partial charge in [0, 0.05) is 31.9 Å². The van der Waals surface area contributed by atoms with Gasteiger partial charge < -0.3 is 10.0 Å². The van der Waals surface area contributed by atoms with Gasteiger partial charge >= 0.3 is 6.18 Å². The quantitative estimate of drug-likeness (QED) is 0.879. The van der Waals surface area contributed by atoms with Crippen molar-refractivity contribution in [3.05, 3.63) is 30.1 Å². The predicted molar refractivity (Wildman–Crippen MR) is 95.3 cm³/mol. The van der Waals surface area contributed by atoms with Crippen LogP contribution >= 0.6 is 0 Å². The molecule has 0 radical (unpaired) electrons. The van der Waals surface area contributed by atoms with E-state index < -0.39 is 17.8 Å². The van der Waals surface area contributed by atoms with Crippen molar-refractivity contribution in [1.29, 1.82) is 0 Å². The molecule has 0 amide bonds. The maximum Gasteiger partial charge on any atom is 0.418 e. The molecule has 2 heterocycles. The summed E-state index contributed by atoms with van der Waals surface area (Å²) in [6, 6.07) is 2.48. The van der Waals surface area contributed by atoms with E-state index in [1.807, 2.05) is 11.8 Å². The summed E-state index contributed by atoms with van der Waals surface area (Å²) in [7, 11) is 0. The van der Waals surface area contributed by atoms with Crippen molar-refractivity contribution in [3.63, 3.8) is 0 Å². The topological polar surface area (TPSA) is 66.3 Å². The fourth-order valence-corrected chi connectivity index (χ4v) is 3.81. The SMILES string of the molecule is CC(O)C(=O)C[C@@H]1C[C@H](C)CN(c2ccc(C(F)(F)F)c3nccnc23)C1. The van der Waals surface area contributed by atoms with Gasteiger partial charge in [0.15, 0.2) is 5.78 Å². The Bertz CT molecular complexity index is 839. The Morgan fingerprint density at radius 1 is 1.26 bits per heavy atom. The van der Waals surface area contributed by atoms with Gasteiger partial charge in [-0.05, 0) is 37.3 Å². The number of nitrogens with zero attached hydrogens (tertiary/aromatic N) is 3. The maximum absolute atomic E-state index is 13.3. The second kappa shape index (κ2) is 7.42. The van der Waals surface area contributed by atoms with Crippen molar-refractivity contribution in [2.75, 3.05) is 18.0 Å². The zero-order valence-corrected chi connectivity index (χ0v) is 15.2. The lowest BCUT2D eigenvalue weighted by atomic mass is 9.86. The van der Waals surface area contributed by atoms with E-state index in [0.717, 1.165) is 12.5 Å². The van der Waals surface area contributed by atoms with Crippen LogP contribution in [0.3, 0.4) is 0 Å². The second-order valence-corrected chi connectivity index (χ2v) is 7.34. The van der Waals surface area contributed by atoms with Crippen LogP contribution in [0.15, 0.2) is 24.5 Å². The number of aromatic nitrogens is 2. The van der Waals surface area contributed by atoms with Crippen molar-refractivity contribution in [3.8, 4) is 0 Å². The number of alkyl halides is 3. The molecule has 27 heavy (non-hydrogen) atoms. The average Bonchev–Trinajstić information content (AvgIpc) is 2.59. The highest BCUT2D eigenvalue weighted by atomic mass is 19.4. The minimum Gasteiger partial charge on any atom is -0.386 e. The molecule has 0 saturated carbocycles. The van der Waals surface area contributed by atoms with E-state index in [1.54, 1.807) is 0 Å². The molecular formula is C19H22F3N3O2. The predicted octanol–water partition coefficient (Wildman–Crippen LogP) is 3.45. The van der Waals surface area contributed by atoms with Crippen LogP contribution < -0.4 is 4.90 Å². The molecule has 1 aromatic carbocycles. The summed E-state index contributed by atoms with van der Waals surface area (Å²) < 4.78 is 39.9. The number of anilines is 1. The van der Waals surface area contributed by atoms with Crippen LogP contribution in [0, 0.1) is 11.8 Å². The van der Waals surface area contributed by atoms with E-state index in [1.165, 1.54) is 25.4 Å². The first-order valence-electron chi connectivity index (χ1n) is 8.93. The largest absolute Gasteiger partial charge is 0.418 e. The Morgan fingerprint density at radius 2 is 1.93 bits per heavy atom. The number of aliphatic hydroxyl groups is 1. The molecule has 3 rings (SSSR count). The average molecular weight is 381 g/mol. The van der Waals surface area contributed by atoms with Gasteiger partial charge in [0.1, 0.15) is 17.1 Å².